The molecule has 0 radical (unpaired) electrons. The molecule has 1 aromatic carbocycles. The molecule has 0 saturated carbocycles. The topological polar surface area (TPSA) is 79.5 Å². The number of hydrogen-bond acceptors (Lipinski definition) is 4. The molecule has 20 heavy (non-hydrogen) atoms. The number of benzene rings is 1. The fourth-order valence-electron chi connectivity index (χ4n) is 2.18. The number of ether oxygens (including phenoxy) is 1. The first kappa shape index (κ1) is 14.3. The normalized spacial score (nSPS) is 17.6. The van der Waals surface area contributed by atoms with Gasteiger partial charge in [-0.1, -0.05) is 0 Å². The largest absolute Gasteiger partial charge is 0.494 e. The van der Waals surface area contributed by atoms with Gasteiger partial charge in [-0.15, -0.1) is 0 Å². The lowest BCUT2D eigenvalue weighted by molar-refractivity contribution is -0.119. The van der Waals surface area contributed by atoms with E-state index in [0.29, 0.717) is 23.7 Å². The summed E-state index contributed by atoms with van der Waals surface area (Å²) in [5.74, 6) is 0.361. The summed E-state index contributed by atoms with van der Waals surface area (Å²) in [6.45, 7) is 3.03. The molecule has 0 spiro atoms. The van der Waals surface area contributed by atoms with Gasteiger partial charge in [0.1, 0.15) is 5.75 Å². The predicted octanol–water partition coefficient (Wildman–Crippen LogP) is 1.20. The molecule has 1 aliphatic rings. The van der Waals surface area contributed by atoms with E-state index in [9.17, 15) is 9.59 Å². The smallest absolute Gasteiger partial charge is 0.228 e. The monoisotopic (exact) mass is 277 g/mol. The zero-order valence-corrected chi connectivity index (χ0v) is 11.7. The second kappa shape index (κ2) is 6.38. The van der Waals surface area contributed by atoms with Crippen molar-refractivity contribution in [3.8, 4) is 5.75 Å². The van der Waals surface area contributed by atoms with Gasteiger partial charge < -0.3 is 20.7 Å². The standard InChI is InChI=1S/C14H19N3O3/c1-9(18)16-12-4-3-11(7-13(12)20-2)17-14(19)10-5-6-15-8-10/h3-4,7,10,15H,5-6,8H2,1-2H3,(H,16,18)(H,17,19). The zero-order chi connectivity index (χ0) is 14.5. The number of carbonyl (C=O) groups excluding carboxylic acids is 2. The van der Waals surface area contributed by atoms with Crippen molar-refractivity contribution in [3.63, 3.8) is 0 Å². The highest BCUT2D eigenvalue weighted by Gasteiger charge is 2.22. The molecule has 0 bridgehead atoms. The Morgan fingerprint density at radius 3 is 2.75 bits per heavy atom. The molecule has 1 aromatic rings. The molecule has 6 heteroatoms. The lowest BCUT2D eigenvalue weighted by Gasteiger charge is -2.13. The van der Waals surface area contributed by atoms with Crippen molar-refractivity contribution in [2.45, 2.75) is 13.3 Å². The average molecular weight is 277 g/mol. The van der Waals surface area contributed by atoms with E-state index >= 15 is 0 Å². The van der Waals surface area contributed by atoms with Crippen LogP contribution in [0.4, 0.5) is 11.4 Å². The zero-order valence-electron chi connectivity index (χ0n) is 11.7. The Morgan fingerprint density at radius 2 is 2.15 bits per heavy atom. The number of anilines is 2. The maximum atomic E-state index is 12.0. The maximum Gasteiger partial charge on any atom is 0.228 e. The molecule has 0 aliphatic carbocycles. The van der Waals surface area contributed by atoms with Gasteiger partial charge in [-0.3, -0.25) is 9.59 Å². The van der Waals surface area contributed by atoms with Gasteiger partial charge in [0, 0.05) is 25.2 Å². The molecule has 1 saturated heterocycles. The van der Waals surface area contributed by atoms with Crippen LogP contribution in [0.3, 0.4) is 0 Å². The van der Waals surface area contributed by atoms with Crippen molar-refractivity contribution >= 4 is 23.2 Å². The maximum absolute atomic E-state index is 12.0. The number of amides is 2. The van der Waals surface area contributed by atoms with Crippen LogP contribution in [0.5, 0.6) is 5.75 Å². The van der Waals surface area contributed by atoms with E-state index in [0.717, 1.165) is 13.0 Å². The molecule has 1 atom stereocenters. The van der Waals surface area contributed by atoms with Gasteiger partial charge >= 0.3 is 0 Å². The van der Waals surface area contributed by atoms with E-state index in [1.807, 2.05) is 0 Å². The number of hydrogen-bond donors (Lipinski definition) is 3. The van der Waals surface area contributed by atoms with Crippen LogP contribution in [0.25, 0.3) is 0 Å². The first-order valence-corrected chi connectivity index (χ1v) is 6.57. The summed E-state index contributed by atoms with van der Waals surface area (Å²) in [5.41, 5.74) is 1.24. The minimum Gasteiger partial charge on any atom is -0.494 e. The van der Waals surface area contributed by atoms with Crippen LogP contribution in [0, 0.1) is 5.92 Å². The van der Waals surface area contributed by atoms with E-state index in [-0.39, 0.29) is 17.7 Å². The lowest BCUT2D eigenvalue weighted by Crippen LogP contribution is -2.24. The van der Waals surface area contributed by atoms with E-state index in [2.05, 4.69) is 16.0 Å². The molecule has 1 aliphatic heterocycles. The summed E-state index contributed by atoms with van der Waals surface area (Å²) in [5, 5.41) is 8.70. The van der Waals surface area contributed by atoms with Crippen molar-refractivity contribution in [2.75, 3.05) is 30.8 Å². The van der Waals surface area contributed by atoms with Crippen LogP contribution in [0.1, 0.15) is 13.3 Å². The van der Waals surface area contributed by atoms with E-state index in [1.54, 1.807) is 18.2 Å². The highest BCUT2D eigenvalue weighted by atomic mass is 16.5. The molecule has 1 unspecified atom stereocenters. The van der Waals surface area contributed by atoms with Crippen LogP contribution in [-0.4, -0.2) is 32.0 Å². The SMILES string of the molecule is COc1cc(NC(=O)C2CCNC2)ccc1NC(C)=O. The molecular weight excluding hydrogens is 258 g/mol. The Balaban J connectivity index is 2.08. The molecule has 0 aromatic heterocycles. The first-order valence-electron chi connectivity index (χ1n) is 6.57. The fourth-order valence-corrected chi connectivity index (χ4v) is 2.18. The Hall–Kier alpha value is -2.08. The van der Waals surface area contributed by atoms with E-state index < -0.39 is 0 Å². The van der Waals surface area contributed by atoms with Crippen molar-refractivity contribution < 1.29 is 14.3 Å². The van der Waals surface area contributed by atoms with Crippen molar-refractivity contribution in [1.82, 2.24) is 5.32 Å². The Bertz CT molecular complexity index is 510. The van der Waals surface area contributed by atoms with Crippen molar-refractivity contribution in [3.05, 3.63) is 18.2 Å². The van der Waals surface area contributed by atoms with E-state index in [1.165, 1.54) is 14.0 Å². The number of nitrogens with one attached hydrogen (secondary N) is 3. The highest BCUT2D eigenvalue weighted by molar-refractivity contribution is 5.95. The Morgan fingerprint density at radius 1 is 1.35 bits per heavy atom. The van der Waals surface area contributed by atoms with Crippen LogP contribution < -0.4 is 20.7 Å². The number of carbonyl (C=O) groups is 2. The summed E-state index contributed by atoms with van der Waals surface area (Å²) in [6.07, 6.45) is 0.854. The average Bonchev–Trinajstić information content (AvgIpc) is 2.94. The van der Waals surface area contributed by atoms with Gasteiger partial charge in [-0.05, 0) is 25.1 Å². The van der Waals surface area contributed by atoms with E-state index in [4.69, 9.17) is 4.74 Å². The molecule has 3 N–H and O–H groups in total. The molecule has 6 nitrogen and oxygen atoms in total. The predicted molar refractivity (Wildman–Crippen MR) is 76.9 cm³/mol. The third-order valence-corrected chi connectivity index (χ3v) is 3.21. The number of rotatable bonds is 4. The Kier molecular flexibility index (Phi) is 4.57. The van der Waals surface area contributed by atoms with Crippen LogP contribution in [-0.2, 0) is 9.59 Å². The number of methoxy groups -OCH3 is 1. The summed E-state index contributed by atoms with van der Waals surface area (Å²) in [7, 11) is 1.52. The van der Waals surface area contributed by atoms with Crippen molar-refractivity contribution in [2.24, 2.45) is 5.92 Å². The van der Waals surface area contributed by atoms with Gasteiger partial charge in [0.25, 0.3) is 0 Å². The summed E-state index contributed by atoms with van der Waals surface area (Å²) >= 11 is 0. The quantitative estimate of drug-likeness (QED) is 0.772. The van der Waals surface area contributed by atoms with Crippen molar-refractivity contribution in [1.29, 1.82) is 0 Å². The molecule has 2 rings (SSSR count). The van der Waals surface area contributed by atoms with Gasteiger partial charge in [0.2, 0.25) is 11.8 Å². The van der Waals surface area contributed by atoms with Crippen LogP contribution in [0.15, 0.2) is 18.2 Å². The highest BCUT2D eigenvalue weighted by Crippen LogP contribution is 2.28. The molecule has 108 valence electrons. The second-order valence-corrected chi connectivity index (χ2v) is 4.78. The summed E-state index contributed by atoms with van der Waals surface area (Å²) in [4.78, 5) is 23.1. The molecule has 1 fully saturated rings. The van der Waals surface area contributed by atoms with Crippen LogP contribution in [0.2, 0.25) is 0 Å². The van der Waals surface area contributed by atoms with Gasteiger partial charge in [0.15, 0.2) is 0 Å². The second-order valence-electron chi connectivity index (χ2n) is 4.78. The third-order valence-electron chi connectivity index (χ3n) is 3.21. The van der Waals surface area contributed by atoms with Gasteiger partial charge in [-0.2, -0.15) is 0 Å². The summed E-state index contributed by atoms with van der Waals surface area (Å²) < 4.78 is 5.22. The molecular formula is C14H19N3O3. The molecule has 1 heterocycles. The third kappa shape index (κ3) is 3.48. The molecule has 2 amide bonds. The van der Waals surface area contributed by atoms with Crippen LogP contribution >= 0.6 is 0 Å². The van der Waals surface area contributed by atoms with Gasteiger partial charge in [0.05, 0.1) is 18.7 Å². The minimum atomic E-state index is -0.169. The minimum absolute atomic E-state index is 0.00401. The fraction of sp³-hybridized carbons (Fsp3) is 0.429. The van der Waals surface area contributed by atoms with Gasteiger partial charge in [-0.25, -0.2) is 0 Å². The Labute approximate surface area is 117 Å². The first-order chi connectivity index (χ1) is 9.60. The summed E-state index contributed by atoms with van der Waals surface area (Å²) in [6, 6.07) is 5.16. The lowest BCUT2D eigenvalue weighted by atomic mass is 10.1.